The summed E-state index contributed by atoms with van der Waals surface area (Å²) in [4.78, 5) is 14.9. The maximum Gasteiger partial charge on any atom is 0.278 e. The second-order valence-corrected chi connectivity index (χ2v) is 8.84. The quantitative estimate of drug-likeness (QED) is 0.593. The fourth-order valence-electron chi connectivity index (χ4n) is 4.92. The lowest BCUT2D eigenvalue weighted by Crippen LogP contribution is -2.55. The molecule has 6 rings (SSSR count). The van der Waals surface area contributed by atoms with E-state index >= 15 is 0 Å². The number of piperidine rings is 1. The van der Waals surface area contributed by atoms with Crippen molar-refractivity contribution in [1.29, 1.82) is 0 Å². The van der Waals surface area contributed by atoms with E-state index in [0.717, 1.165) is 19.3 Å². The monoisotopic (exact) mass is 465 g/mol. The molecule has 1 aromatic carbocycles. The van der Waals surface area contributed by atoms with Crippen molar-refractivity contribution in [3.05, 3.63) is 30.6 Å². The summed E-state index contributed by atoms with van der Waals surface area (Å²) < 4.78 is 25.8. The highest BCUT2D eigenvalue weighted by atomic mass is 19.1. The fraction of sp³-hybridized carbons (Fsp3) is 0.435. The van der Waals surface area contributed by atoms with E-state index in [1.54, 1.807) is 30.6 Å². The Kier molecular flexibility index (Phi) is 5.13. The number of alkyl halides is 1. The zero-order valence-electron chi connectivity index (χ0n) is 18.6. The Hall–Kier alpha value is -3.60. The van der Waals surface area contributed by atoms with Gasteiger partial charge >= 0.3 is 0 Å². The summed E-state index contributed by atoms with van der Waals surface area (Å²) >= 11 is 0. The van der Waals surface area contributed by atoms with Crippen LogP contribution in [0.4, 0.5) is 10.2 Å². The predicted molar refractivity (Wildman–Crippen MR) is 121 cm³/mol. The molecule has 2 N–H and O–H groups in total. The Morgan fingerprint density at radius 2 is 1.94 bits per heavy atom. The summed E-state index contributed by atoms with van der Waals surface area (Å²) in [6, 6.07) is 5.04. The Morgan fingerprint density at radius 3 is 2.74 bits per heavy atom. The highest BCUT2D eigenvalue weighted by molar-refractivity contribution is 5.71. The van der Waals surface area contributed by atoms with Gasteiger partial charge in [-0.3, -0.25) is 0 Å². The molecule has 3 aliphatic rings. The summed E-state index contributed by atoms with van der Waals surface area (Å²) in [7, 11) is 1.83. The molecule has 11 heteroatoms. The van der Waals surface area contributed by atoms with Crippen molar-refractivity contribution in [3.63, 3.8) is 0 Å². The molecule has 2 aromatic heterocycles. The number of ether oxygens (including phenoxy) is 2. The summed E-state index contributed by atoms with van der Waals surface area (Å²) in [6.45, 7) is 0.849. The minimum absolute atomic E-state index is 0.0177. The van der Waals surface area contributed by atoms with Gasteiger partial charge in [0.15, 0.2) is 11.6 Å². The third-order valence-electron chi connectivity index (χ3n) is 6.77. The molecule has 0 radical (unpaired) electrons. The van der Waals surface area contributed by atoms with Gasteiger partial charge < -0.3 is 24.8 Å². The number of anilines is 1. The second-order valence-electron chi connectivity index (χ2n) is 8.84. The molecule has 176 valence electrons. The van der Waals surface area contributed by atoms with E-state index < -0.39 is 6.17 Å². The minimum Gasteiger partial charge on any atom is -0.507 e. The van der Waals surface area contributed by atoms with Crippen LogP contribution >= 0.6 is 0 Å². The SMILES string of the molecule is CN(c1cnc(-c2ccc(-c3cnc4c(n3)OCCO4)cc2O)nn1)[C@@H]1C[C@@H]2CC[C@H](N2)[C@@H]1F. The highest BCUT2D eigenvalue weighted by Crippen LogP contribution is 2.35. The molecular formula is C23H24FN7O3. The van der Waals surface area contributed by atoms with Crippen LogP contribution in [-0.2, 0) is 0 Å². The van der Waals surface area contributed by atoms with Crippen LogP contribution in [-0.4, -0.2) is 74.8 Å². The van der Waals surface area contributed by atoms with Gasteiger partial charge in [-0.15, -0.1) is 10.2 Å². The number of aromatic hydroxyl groups is 1. The Morgan fingerprint density at radius 1 is 1.09 bits per heavy atom. The number of fused-ring (bicyclic) bond motifs is 3. The minimum atomic E-state index is -0.967. The fourth-order valence-corrected chi connectivity index (χ4v) is 4.92. The lowest BCUT2D eigenvalue weighted by molar-refractivity contribution is 0.157. The van der Waals surface area contributed by atoms with Gasteiger partial charge in [-0.1, -0.05) is 6.07 Å². The van der Waals surface area contributed by atoms with E-state index in [0.29, 0.717) is 53.7 Å². The van der Waals surface area contributed by atoms with E-state index in [1.807, 2.05) is 11.9 Å². The average Bonchev–Trinajstić information content (AvgIpc) is 3.29. The Bertz CT molecular complexity index is 1210. The molecule has 0 unspecified atom stereocenters. The first-order valence-electron chi connectivity index (χ1n) is 11.4. The van der Waals surface area contributed by atoms with Crippen LogP contribution in [0.15, 0.2) is 30.6 Å². The highest BCUT2D eigenvalue weighted by Gasteiger charge is 2.44. The van der Waals surface area contributed by atoms with Gasteiger partial charge in [-0.2, -0.15) is 0 Å². The van der Waals surface area contributed by atoms with E-state index in [1.165, 1.54) is 0 Å². The number of halogens is 1. The zero-order valence-corrected chi connectivity index (χ0v) is 18.6. The van der Waals surface area contributed by atoms with Crippen LogP contribution in [0, 0.1) is 0 Å². The predicted octanol–water partition coefficient (Wildman–Crippen LogP) is 2.14. The van der Waals surface area contributed by atoms with Crippen LogP contribution in [0.25, 0.3) is 22.6 Å². The van der Waals surface area contributed by atoms with Gasteiger partial charge in [0, 0.05) is 24.7 Å². The number of benzene rings is 1. The summed E-state index contributed by atoms with van der Waals surface area (Å²) in [5, 5.41) is 22.5. The van der Waals surface area contributed by atoms with Crippen molar-refractivity contribution in [2.45, 2.75) is 43.6 Å². The molecular weight excluding hydrogens is 441 g/mol. The normalized spacial score (nSPS) is 25.2. The van der Waals surface area contributed by atoms with E-state index in [-0.39, 0.29) is 23.7 Å². The van der Waals surface area contributed by atoms with Crippen molar-refractivity contribution in [3.8, 4) is 40.2 Å². The maximum absolute atomic E-state index is 14.9. The van der Waals surface area contributed by atoms with E-state index in [9.17, 15) is 9.50 Å². The smallest absolute Gasteiger partial charge is 0.278 e. The van der Waals surface area contributed by atoms with Crippen molar-refractivity contribution in [2.24, 2.45) is 0 Å². The molecule has 4 atom stereocenters. The van der Waals surface area contributed by atoms with Crippen LogP contribution in [0.3, 0.4) is 0 Å². The first kappa shape index (κ1) is 21.0. The standard InChI is InChI=1S/C23H24FN7O3/c1-31(17-9-13-3-5-15(27-13)20(17)24)19-11-25-21(30-29-19)14-4-2-12(8-18(14)32)16-10-26-22-23(28-16)34-7-6-33-22/h2,4,8,10-11,13,15,17,20,27,32H,3,5-7,9H2,1H3/t13-,15-,17+,20-/m0/s1. The average molecular weight is 465 g/mol. The summed E-state index contributed by atoms with van der Waals surface area (Å²) in [6.07, 6.45) is 4.76. The molecule has 2 saturated heterocycles. The number of rotatable bonds is 4. The second kappa shape index (κ2) is 8.32. The van der Waals surface area contributed by atoms with Gasteiger partial charge in [0.1, 0.15) is 25.1 Å². The molecule has 3 aromatic rings. The number of hydrogen-bond acceptors (Lipinski definition) is 10. The zero-order chi connectivity index (χ0) is 23.2. The molecule has 0 amide bonds. The Balaban J connectivity index is 1.21. The molecule has 3 aliphatic heterocycles. The van der Waals surface area contributed by atoms with Crippen molar-refractivity contribution >= 4 is 5.82 Å². The topological polar surface area (TPSA) is 118 Å². The third kappa shape index (κ3) is 3.65. The van der Waals surface area contributed by atoms with Crippen molar-refractivity contribution < 1.29 is 19.0 Å². The molecule has 2 fully saturated rings. The lowest BCUT2D eigenvalue weighted by atomic mass is 9.96. The van der Waals surface area contributed by atoms with Gasteiger partial charge in [-0.25, -0.2) is 19.3 Å². The van der Waals surface area contributed by atoms with Crippen LogP contribution in [0.5, 0.6) is 17.5 Å². The molecule has 2 bridgehead atoms. The van der Waals surface area contributed by atoms with E-state index in [4.69, 9.17) is 9.47 Å². The molecule has 0 saturated carbocycles. The number of nitrogens with one attached hydrogen (secondary N) is 1. The molecule has 0 aliphatic carbocycles. The molecule has 10 nitrogen and oxygen atoms in total. The van der Waals surface area contributed by atoms with Crippen LogP contribution in [0.2, 0.25) is 0 Å². The third-order valence-corrected chi connectivity index (χ3v) is 6.77. The van der Waals surface area contributed by atoms with Crippen molar-refractivity contribution in [1.82, 2.24) is 30.5 Å². The number of hydrogen-bond donors (Lipinski definition) is 2. The number of nitrogens with zero attached hydrogens (tertiary/aromatic N) is 6. The molecule has 34 heavy (non-hydrogen) atoms. The van der Waals surface area contributed by atoms with Crippen LogP contribution in [0.1, 0.15) is 19.3 Å². The van der Waals surface area contributed by atoms with Gasteiger partial charge in [-0.05, 0) is 31.4 Å². The first-order chi connectivity index (χ1) is 16.6. The molecule has 5 heterocycles. The summed E-state index contributed by atoms with van der Waals surface area (Å²) in [5.41, 5.74) is 1.63. The van der Waals surface area contributed by atoms with Crippen molar-refractivity contribution in [2.75, 3.05) is 25.2 Å². The lowest BCUT2D eigenvalue weighted by Gasteiger charge is -2.38. The number of phenols is 1. The largest absolute Gasteiger partial charge is 0.507 e. The Labute approximate surface area is 195 Å². The summed E-state index contributed by atoms with van der Waals surface area (Å²) in [5.74, 6) is 1.45. The first-order valence-corrected chi connectivity index (χ1v) is 11.4. The van der Waals surface area contributed by atoms with Gasteiger partial charge in [0.05, 0.1) is 29.7 Å². The molecule has 0 spiro atoms. The van der Waals surface area contributed by atoms with E-state index in [2.05, 4.69) is 30.5 Å². The van der Waals surface area contributed by atoms with Gasteiger partial charge in [0.2, 0.25) is 0 Å². The van der Waals surface area contributed by atoms with Crippen LogP contribution < -0.4 is 19.7 Å². The maximum atomic E-state index is 14.9. The number of aromatic nitrogens is 5. The van der Waals surface area contributed by atoms with Gasteiger partial charge in [0.25, 0.3) is 11.8 Å². The number of phenolic OH excluding ortho intramolecular Hbond substituents is 1.